The monoisotopic (exact) mass is 335 g/mol. The molecule has 0 radical (unpaired) electrons. The average Bonchev–Trinajstić information content (AvgIpc) is 3.10. The number of carbonyl (C=O) groups excluding carboxylic acids is 1. The fourth-order valence-corrected chi connectivity index (χ4v) is 3.02. The first-order chi connectivity index (χ1) is 12.2. The number of aromatic amines is 2. The summed E-state index contributed by atoms with van der Waals surface area (Å²) in [6, 6.07) is 11.2. The molecule has 7 nitrogen and oxygen atoms in total. The van der Waals surface area contributed by atoms with Gasteiger partial charge in [-0.15, -0.1) is 0 Å². The van der Waals surface area contributed by atoms with Gasteiger partial charge >= 0.3 is 0 Å². The third kappa shape index (κ3) is 3.21. The van der Waals surface area contributed by atoms with Gasteiger partial charge in [0, 0.05) is 30.9 Å². The van der Waals surface area contributed by atoms with E-state index >= 15 is 0 Å². The fraction of sp³-hybridized carbons (Fsp3) is 0.222. The number of H-pyrrole nitrogens is 2. The Morgan fingerprint density at radius 3 is 2.88 bits per heavy atom. The number of rotatable bonds is 3. The van der Waals surface area contributed by atoms with Crippen LogP contribution in [-0.2, 0) is 24.2 Å². The molecule has 2 N–H and O–H groups in total. The van der Waals surface area contributed by atoms with Crippen LogP contribution in [0.2, 0.25) is 0 Å². The lowest BCUT2D eigenvalue weighted by Gasteiger charge is -2.28. The molecule has 1 aliphatic rings. The van der Waals surface area contributed by atoms with Gasteiger partial charge < -0.3 is 9.88 Å². The molecule has 0 bridgehead atoms. The highest BCUT2D eigenvalue weighted by molar-refractivity contribution is 5.78. The topological polar surface area (TPSA) is 94.7 Å². The molecule has 1 amide bonds. The van der Waals surface area contributed by atoms with Crippen molar-refractivity contribution in [1.82, 2.24) is 25.1 Å². The molecule has 2 aromatic heterocycles. The number of aromatic nitrogens is 4. The summed E-state index contributed by atoms with van der Waals surface area (Å²) in [6.45, 7) is 1.11. The van der Waals surface area contributed by atoms with Crippen LogP contribution in [0.25, 0.3) is 11.4 Å². The van der Waals surface area contributed by atoms with E-state index in [-0.39, 0.29) is 17.9 Å². The second-order valence-corrected chi connectivity index (χ2v) is 6.06. The lowest BCUT2D eigenvalue weighted by molar-refractivity contribution is -0.131. The van der Waals surface area contributed by atoms with Gasteiger partial charge in [0.2, 0.25) is 11.5 Å². The van der Waals surface area contributed by atoms with Crippen molar-refractivity contribution in [3.05, 3.63) is 69.9 Å². The van der Waals surface area contributed by atoms with Gasteiger partial charge in [0.25, 0.3) is 0 Å². The number of benzene rings is 1. The summed E-state index contributed by atoms with van der Waals surface area (Å²) in [7, 11) is 0. The lowest BCUT2D eigenvalue weighted by atomic mass is 10.0. The Balaban J connectivity index is 1.45. The van der Waals surface area contributed by atoms with Gasteiger partial charge in [-0.05, 0) is 17.5 Å². The van der Waals surface area contributed by atoms with Crippen molar-refractivity contribution < 1.29 is 4.79 Å². The highest BCUT2D eigenvalue weighted by Gasteiger charge is 2.22. The minimum Gasteiger partial charge on any atom is -0.338 e. The predicted octanol–water partition coefficient (Wildman–Crippen LogP) is 1.29. The molecule has 0 fully saturated rings. The van der Waals surface area contributed by atoms with Crippen molar-refractivity contribution >= 4 is 5.91 Å². The summed E-state index contributed by atoms with van der Waals surface area (Å²) in [5, 5.41) is 7.03. The number of nitrogens with zero attached hydrogens (tertiary/aromatic N) is 3. The normalized spacial score (nSPS) is 13.5. The maximum absolute atomic E-state index is 12.6. The largest absolute Gasteiger partial charge is 0.338 e. The fourth-order valence-electron chi connectivity index (χ4n) is 3.02. The van der Waals surface area contributed by atoms with E-state index in [0.717, 1.165) is 16.7 Å². The number of hydrogen-bond acceptors (Lipinski definition) is 4. The molecule has 1 aromatic carbocycles. The van der Waals surface area contributed by atoms with Crippen LogP contribution >= 0.6 is 0 Å². The molecule has 25 heavy (non-hydrogen) atoms. The smallest absolute Gasteiger partial charge is 0.248 e. The zero-order valence-corrected chi connectivity index (χ0v) is 13.5. The van der Waals surface area contributed by atoms with Crippen molar-refractivity contribution in [3.8, 4) is 11.4 Å². The minimum atomic E-state index is -0.103. The highest BCUT2D eigenvalue weighted by atomic mass is 16.2. The van der Waals surface area contributed by atoms with E-state index in [0.29, 0.717) is 31.2 Å². The third-order valence-corrected chi connectivity index (χ3v) is 4.35. The van der Waals surface area contributed by atoms with Gasteiger partial charge in [-0.3, -0.25) is 14.7 Å². The van der Waals surface area contributed by atoms with Gasteiger partial charge in [0.1, 0.15) is 5.82 Å². The molecular weight excluding hydrogens is 318 g/mol. The molecule has 0 saturated carbocycles. The lowest BCUT2D eigenvalue weighted by Crippen LogP contribution is -2.37. The van der Waals surface area contributed by atoms with Crippen LogP contribution < -0.4 is 5.56 Å². The van der Waals surface area contributed by atoms with Crippen LogP contribution in [0, 0.1) is 0 Å². The molecule has 3 heterocycles. The van der Waals surface area contributed by atoms with Crippen molar-refractivity contribution in [2.24, 2.45) is 0 Å². The number of amides is 1. The van der Waals surface area contributed by atoms with E-state index in [2.05, 4.69) is 20.2 Å². The van der Waals surface area contributed by atoms with E-state index in [1.165, 1.54) is 0 Å². The van der Waals surface area contributed by atoms with Crippen molar-refractivity contribution in [1.29, 1.82) is 0 Å². The molecule has 0 atom stereocenters. The summed E-state index contributed by atoms with van der Waals surface area (Å²) < 4.78 is 0. The quantitative estimate of drug-likeness (QED) is 0.754. The Bertz CT molecular complexity index is 961. The van der Waals surface area contributed by atoms with E-state index in [4.69, 9.17) is 0 Å². The summed E-state index contributed by atoms with van der Waals surface area (Å²) >= 11 is 0. The third-order valence-electron chi connectivity index (χ3n) is 4.35. The molecular formula is C18H17N5O2. The van der Waals surface area contributed by atoms with Crippen LogP contribution in [0.4, 0.5) is 0 Å². The van der Waals surface area contributed by atoms with Crippen LogP contribution in [0.15, 0.2) is 47.4 Å². The van der Waals surface area contributed by atoms with Crippen molar-refractivity contribution in [3.63, 3.8) is 0 Å². The first kappa shape index (κ1) is 15.3. The standard InChI is InChI=1S/C18H17N5O2/c24-16-8-13-6-7-23(11-14(13)10-19-16)17(25)9-15-20-18(22-21-15)12-4-2-1-3-5-12/h1-5,8,10H,6-7,9,11H2,(H,19,24)(H,20,21,22). The van der Waals surface area contributed by atoms with E-state index in [9.17, 15) is 9.59 Å². The number of nitrogens with one attached hydrogen (secondary N) is 2. The highest BCUT2D eigenvalue weighted by Crippen LogP contribution is 2.18. The Hall–Kier alpha value is -3.22. The molecule has 7 heteroatoms. The summed E-state index contributed by atoms with van der Waals surface area (Å²) in [6.07, 6.45) is 2.56. The van der Waals surface area contributed by atoms with Crippen LogP contribution in [0.3, 0.4) is 0 Å². The first-order valence-electron chi connectivity index (χ1n) is 8.14. The van der Waals surface area contributed by atoms with Gasteiger partial charge in [-0.2, -0.15) is 5.10 Å². The Kier molecular flexibility index (Phi) is 3.89. The van der Waals surface area contributed by atoms with Crippen LogP contribution in [-0.4, -0.2) is 37.5 Å². The average molecular weight is 335 g/mol. The van der Waals surface area contributed by atoms with Crippen LogP contribution in [0.5, 0.6) is 0 Å². The SMILES string of the molecule is O=C(Cc1nc(-c2ccccc2)n[nH]1)N1CCc2cc(=O)[nH]cc2C1. The molecule has 3 aromatic rings. The molecule has 126 valence electrons. The maximum atomic E-state index is 12.6. The number of carbonyl (C=O) groups is 1. The Morgan fingerprint density at radius 2 is 2.04 bits per heavy atom. The summed E-state index contributed by atoms with van der Waals surface area (Å²) in [5.74, 6) is 1.13. The predicted molar refractivity (Wildman–Crippen MR) is 91.7 cm³/mol. The number of pyridine rings is 1. The van der Waals surface area contributed by atoms with Gasteiger partial charge in [-0.1, -0.05) is 30.3 Å². The van der Waals surface area contributed by atoms with Crippen LogP contribution in [0.1, 0.15) is 17.0 Å². The van der Waals surface area contributed by atoms with E-state index in [1.807, 2.05) is 30.3 Å². The molecule has 1 aliphatic heterocycles. The summed E-state index contributed by atoms with van der Waals surface area (Å²) in [4.78, 5) is 32.8. The molecule has 0 unspecified atom stereocenters. The second kappa shape index (κ2) is 6.35. The first-order valence-corrected chi connectivity index (χ1v) is 8.14. The number of hydrogen-bond donors (Lipinski definition) is 2. The minimum absolute atomic E-state index is 0.00684. The van der Waals surface area contributed by atoms with Crippen molar-refractivity contribution in [2.75, 3.05) is 6.54 Å². The Morgan fingerprint density at radius 1 is 1.20 bits per heavy atom. The molecule has 0 spiro atoms. The van der Waals surface area contributed by atoms with E-state index in [1.54, 1.807) is 17.2 Å². The van der Waals surface area contributed by atoms with Crippen molar-refractivity contribution in [2.45, 2.75) is 19.4 Å². The van der Waals surface area contributed by atoms with Gasteiger partial charge in [-0.25, -0.2) is 4.98 Å². The molecule has 0 saturated heterocycles. The van der Waals surface area contributed by atoms with Gasteiger partial charge in [0.15, 0.2) is 5.82 Å². The zero-order chi connectivity index (χ0) is 17.2. The Labute approximate surface area is 143 Å². The van der Waals surface area contributed by atoms with Gasteiger partial charge in [0.05, 0.1) is 6.42 Å². The molecule has 4 rings (SSSR count). The number of fused-ring (bicyclic) bond motifs is 1. The summed E-state index contributed by atoms with van der Waals surface area (Å²) in [5.41, 5.74) is 2.81. The molecule has 0 aliphatic carbocycles. The van der Waals surface area contributed by atoms with E-state index < -0.39 is 0 Å². The maximum Gasteiger partial charge on any atom is 0.248 e. The second-order valence-electron chi connectivity index (χ2n) is 6.06. The zero-order valence-electron chi connectivity index (χ0n) is 13.5.